The maximum Gasteiger partial charge on any atom is 0.0488 e. The predicted molar refractivity (Wildman–Crippen MR) is 77.9 cm³/mol. The summed E-state index contributed by atoms with van der Waals surface area (Å²) in [7, 11) is 1.77. The van der Waals surface area contributed by atoms with Gasteiger partial charge in [-0.25, -0.2) is 0 Å². The van der Waals surface area contributed by atoms with Gasteiger partial charge in [0.15, 0.2) is 0 Å². The summed E-state index contributed by atoms with van der Waals surface area (Å²) in [4.78, 5) is 0. The lowest BCUT2D eigenvalue weighted by Gasteiger charge is -2.22. The highest BCUT2D eigenvalue weighted by Crippen LogP contribution is 2.22. The standard InChI is InChI=1S/C16H27NO/c1-5-14-7-9-15(10-8-14)16(17-6-2)11-13(3)12-18-4/h7-10,13,16-17H,5-6,11-12H2,1-4H3. The van der Waals surface area contributed by atoms with Gasteiger partial charge >= 0.3 is 0 Å². The van der Waals surface area contributed by atoms with Crippen molar-refractivity contribution in [3.63, 3.8) is 0 Å². The maximum absolute atomic E-state index is 5.23. The molecule has 0 bridgehead atoms. The van der Waals surface area contributed by atoms with Crippen molar-refractivity contribution >= 4 is 0 Å². The van der Waals surface area contributed by atoms with E-state index < -0.39 is 0 Å². The summed E-state index contributed by atoms with van der Waals surface area (Å²) < 4.78 is 5.23. The first-order valence-corrected chi connectivity index (χ1v) is 7.02. The van der Waals surface area contributed by atoms with Gasteiger partial charge in [0.25, 0.3) is 0 Å². The van der Waals surface area contributed by atoms with Crippen LogP contribution in [0.3, 0.4) is 0 Å². The summed E-state index contributed by atoms with van der Waals surface area (Å²) >= 11 is 0. The summed E-state index contributed by atoms with van der Waals surface area (Å²) in [6.07, 6.45) is 2.22. The van der Waals surface area contributed by atoms with Gasteiger partial charge in [-0.1, -0.05) is 45.0 Å². The van der Waals surface area contributed by atoms with Gasteiger partial charge in [-0.2, -0.15) is 0 Å². The number of hydrogen-bond donors (Lipinski definition) is 1. The Labute approximate surface area is 112 Å². The molecule has 18 heavy (non-hydrogen) atoms. The molecule has 2 atom stereocenters. The van der Waals surface area contributed by atoms with Crippen LogP contribution in [0.5, 0.6) is 0 Å². The molecule has 0 saturated heterocycles. The van der Waals surface area contributed by atoms with Crippen molar-refractivity contribution in [1.82, 2.24) is 5.32 Å². The highest BCUT2D eigenvalue weighted by atomic mass is 16.5. The number of benzene rings is 1. The molecule has 0 spiro atoms. The minimum absolute atomic E-state index is 0.436. The second-order valence-corrected chi connectivity index (χ2v) is 5.00. The van der Waals surface area contributed by atoms with E-state index in [1.165, 1.54) is 11.1 Å². The van der Waals surface area contributed by atoms with E-state index in [1.54, 1.807) is 7.11 Å². The van der Waals surface area contributed by atoms with Crippen molar-refractivity contribution in [2.24, 2.45) is 5.92 Å². The van der Waals surface area contributed by atoms with E-state index >= 15 is 0 Å². The minimum atomic E-state index is 0.436. The van der Waals surface area contributed by atoms with Gasteiger partial charge in [0, 0.05) is 19.8 Å². The third-order valence-corrected chi connectivity index (χ3v) is 3.33. The highest BCUT2D eigenvalue weighted by molar-refractivity contribution is 5.25. The van der Waals surface area contributed by atoms with Gasteiger partial charge < -0.3 is 10.1 Å². The van der Waals surface area contributed by atoms with Crippen molar-refractivity contribution in [2.45, 2.75) is 39.7 Å². The number of methoxy groups -OCH3 is 1. The van der Waals surface area contributed by atoms with Crippen LogP contribution in [0.1, 0.15) is 44.4 Å². The van der Waals surface area contributed by atoms with Crippen molar-refractivity contribution < 1.29 is 4.74 Å². The molecule has 1 aromatic rings. The first-order valence-electron chi connectivity index (χ1n) is 7.02. The second kappa shape index (κ2) is 8.28. The zero-order chi connectivity index (χ0) is 13.4. The predicted octanol–water partition coefficient (Wildman–Crippen LogP) is 3.57. The summed E-state index contributed by atoms with van der Waals surface area (Å²) in [5.74, 6) is 0.574. The van der Waals surface area contributed by atoms with E-state index in [4.69, 9.17) is 4.74 Å². The van der Waals surface area contributed by atoms with Gasteiger partial charge in [-0.05, 0) is 36.4 Å². The first-order chi connectivity index (χ1) is 8.71. The average molecular weight is 249 g/mol. The van der Waals surface area contributed by atoms with E-state index in [0.717, 1.165) is 26.0 Å². The summed E-state index contributed by atoms with van der Waals surface area (Å²) in [6.45, 7) is 8.43. The molecule has 0 fully saturated rings. The van der Waals surface area contributed by atoms with E-state index in [1.807, 2.05) is 0 Å². The Bertz CT molecular complexity index is 320. The Balaban J connectivity index is 2.69. The zero-order valence-electron chi connectivity index (χ0n) is 12.2. The molecule has 0 aliphatic carbocycles. The Kier molecular flexibility index (Phi) is 6.99. The van der Waals surface area contributed by atoms with Gasteiger partial charge in [-0.15, -0.1) is 0 Å². The fourth-order valence-corrected chi connectivity index (χ4v) is 2.32. The fraction of sp³-hybridized carbons (Fsp3) is 0.625. The molecule has 0 aliphatic heterocycles. The second-order valence-electron chi connectivity index (χ2n) is 5.00. The Morgan fingerprint density at radius 3 is 2.33 bits per heavy atom. The number of aryl methyl sites for hydroxylation is 1. The molecule has 2 unspecified atom stereocenters. The monoisotopic (exact) mass is 249 g/mol. The lowest BCUT2D eigenvalue weighted by atomic mass is 9.95. The van der Waals surface area contributed by atoms with Crippen LogP contribution in [-0.4, -0.2) is 20.3 Å². The molecule has 0 aliphatic rings. The molecule has 0 heterocycles. The summed E-state index contributed by atoms with van der Waals surface area (Å²) in [5.41, 5.74) is 2.79. The molecule has 1 N–H and O–H groups in total. The van der Waals surface area contributed by atoms with Crippen LogP contribution in [0.15, 0.2) is 24.3 Å². The van der Waals surface area contributed by atoms with E-state index in [0.29, 0.717) is 12.0 Å². The SMILES string of the molecule is CCNC(CC(C)COC)c1ccc(CC)cc1. The topological polar surface area (TPSA) is 21.3 Å². The van der Waals surface area contributed by atoms with Gasteiger partial charge in [0.1, 0.15) is 0 Å². The summed E-state index contributed by atoms with van der Waals surface area (Å²) in [6, 6.07) is 9.42. The van der Waals surface area contributed by atoms with E-state index in [-0.39, 0.29) is 0 Å². The van der Waals surface area contributed by atoms with Gasteiger partial charge in [0.05, 0.1) is 0 Å². The van der Waals surface area contributed by atoms with Crippen molar-refractivity contribution in [1.29, 1.82) is 0 Å². The molecule has 2 heteroatoms. The minimum Gasteiger partial charge on any atom is -0.384 e. The third kappa shape index (κ3) is 4.79. The van der Waals surface area contributed by atoms with Gasteiger partial charge in [0.2, 0.25) is 0 Å². The quantitative estimate of drug-likeness (QED) is 0.760. The average Bonchev–Trinajstić information content (AvgIpc) is 2.39. The Morgan fingerprint density at radius 2 is 1.83 bits per heavy atom. The molecule has 2 nitrogen and oxygen atoms in total. The third-order valence-electron chi connectivity index (χ3n) is 3.33. The normalized spacial score (nSPS) is 14.4. The largest absolute Gasteiger partial charge is 0.384 e. The van der Waals surface area contributed by atoms with Crippen LogP contribution >= 0.6 is 0 Å². The highest BCUT2D eigenvalue weighted by Gasteiger charge is 2.14. The molecule has 0 saturated carbocycles. The molecule has 0 amide bonds. The molecule has 0 radical (unpaired) electrons. The number of rotatable bonds is 8. The zero-order valence-corrected chi connectivity index (χ0v) is 12.2. The molecule has 1 rings (SSSR count). The van der Waals surface area contributed by atoms with Crippen molar-refractivity contribution in [3.8, 4) is 0 Å². The number of hydrogen-bond acceptors (Lipinski definition) is 2. The van der Waals surface area contributed by atoms with Crippen molar-refractivity contribution in [2.75, 3.05) is 20.3 Å². The van der Waals surface area contributed by atoms with Crippen LogP contribution in [0.2, 0.25) is 0 Å². The van der Waals surface area contributed by atoms with Crippen LogP contribution in [0, 0.1) is 5.92 Å². The molecule has 102 valence electrons. The fourth-order valence-electron chi connectivity index (χ4n) is 2.32. The lowest BCUT2D eigenvalue weighted by molar-refractivity contribution is 0.149. The van der Waals surface area contributed by atoms with E-state index in [9.17, 15) is 0 Å². The van der Waals surface area contributed by atoms with Crippen LogP contribution in [-0.2, 0) is 11.2 Å². The molecular weight excluding hydrogens is 222 g/mol. The van der Waals surface area contributed by atoms with Crippen LogP contribution in [0.4, 0.5) is 0 Å². The number of ether oxygens (including phenoxy) is 1. The van der Waals surface area contributed by atoms with Crippen molar-refractivity contribution in [3.05, 3.63) is 35.4 Å². The smallest absolute Gasteiger partial charge is 0.0488 e. The van der Waals surface area contributed by atoms with Crippen LogP contribution < -0.4 is 5.32 Å². The molecule has 0 aromatic heterocycles. The molecule has 1 aromatic carbocycles. The Hall–Kier alpha value is -0.860. The van der Waals surface area contributed by atoms with E-state index in [2.05, 4.69) is 50.4 Å². The van der Waals surface area contributed by atoms with Gasteiger partial charge in [-0.3, -0.25) is 0 Å². The Morgan fingerprint density at radius 1 is 1.17 bits per heavy atom. The molecular formula is C16H27NO. The summed E-state index contributed by atoms with van der Waals surface area (Å²) in [5, 5.41) is 3.57. The first kappa shape index (κ1) is 15.2. The van der Waals surface area contributed by atoms with Crippen LogP contribution in [0.25, 0.3) is 0 Å². The number of nitrogens with one attached hydrogen (secondary N) is 1. The lowest BCUT2D eigenvalue weighted by Crippen LogP contribution is -2.24. The maximum atomic E-state index is 5.23.